The number of carbonyl (C=O) groups is 1. The van der Waals surface area contributed by atoms with E-state index in [2.05, 4.69) is 39.5 Å². The van der Waals surface area contributed by atoms with E-state index in [9.17, 15) is 4.79 Å². The molecule has 3 rings (SSSR count). The number of rotatable bonds is 9. The maximum absolute atomic E-state index is 12.2. The molecule has 0 aliphatic heterocycles. The molecule has 29 heavy (non-hydrogen) atoms. The molecule has 0 spiro atoms. The number of nitrogens with one attached hydrogen (secondary N) is 2. The molecule has 0 saturated carbocycles. The van der Waals surface area contributed by atoms with E-state index in [0.717, 1.165) is 28.2 Å². The molecule has 2 N–H and O–H groups in total. The number of thioether (sulfide) groups is 1. The number of aromatic nitrogens is 4. The minimum Gasteiger partial charge on any atom is -0.497 e. The van der Waals surface area contributed by atoms with Crippen LogP contribution in [0.3, 0.4) is 0 Å². The molecule has 0 bridgehead atoms. The first kappa shape index (κ1) is 20.9. The molecular formula is C20H26N6O2S. The molecule has 1 aromatic carbocycles. The Kier molecular flexibility index (Phi) is 6.92. The Hall–Kier alpha value is -2.81. The number of amides is 1. The van der Waals surface area contributed by atoms with Crippen LogP contribution in [0.1, 0.15) is 19.4 Å². The fourth-order valence-electron chi connectivity index (χ4n) is 2.87. The molecule has 0 aliphatic rings. The predicted octanol–water partition coefficient (Wildman–Crippen LogP) is 2.74. The number of methoxy groups -OCH3 is 1. The van der Waals surface area contributed by atoms with Crippen LogP contribution < -0.4 is 15.4 Å². The van der Waals surface area contributed by atoms with Gasteiger partial charge in [0.25, 0.3) is 0 Å². The van der Waals surface area contributed by atoms with E-state index in [0.29, 0.717) is 24.7 Å². The molecule has 9 heteroatoms. The SMILES string of the molecule is COc1ccc(CC(=O)NCCn2ncc3c(NC(C)C)nc(SC)nc32)cc1. The number of hydrogen-bond acceptors (Lipinski definition) is 7. The summed E-state index contributed by atoms with van der Waals surface area (Å²) in [5, 5.41) is 12.3. The third-order valence-corrected chi connectivity index (χ3v) is 4.80. The summed E-state index contributed by atoms with van der Waals surface area (Å²) in [6, 6.07) is 7.74. The monoisotopic (exact) mass is 414 g/mol. The zero-order chi connectivity index (χ0) is 20.8. The summed E-state index contributed by atoms with van der Waals surface area (Å²) in [4.78, 5) is 21.4. The van der Waals surface area contributed by atoms with Crippen molar-refractivity contribution in [1.29, 1.82) is 0 Å². The Morgan fingerprint density at radius 3 is 2.66 bits per heavy atom. The molecule has 0 atom stereocenters. The Balaban J connectivity index is 1.63. The number of carbonyl (C=O) groups excluding carboxylic acids is 1. The van der Waals surface area contributed by atoms with E-state index in [-0.39, 0.29) is 11.9 Å². The summed E-state index contributed by atoms with van der Waals surface area (Å²) in [6.45, 7) is 5.13. The predicted molar refractivity (Wildman–Crippen MR) is 116 cm³/mol. The number of benzene rings is 1. The summed E-state index contributed by atoms with van der Waals surface area (Å²) >= 11 is 1.49. The van der Waals surface area contributed by atoms with Crippen molar-refractivity contribution in [2.75, 3.05) is 25.2 Å². The van der Waals surface area contributed by atoms with E-state index >= 15 is 0 Å². The highest BCUT2D eigenvalue weighted by atomic mass is 32.2. The summed E-state index contributed by atoms with van der Waals surface area (Å²) in [7, 11) is 1.62. The fraction of sp³-hybridized carbons (Fsp3) is 0.400. The lowest BCUT2D eigenvalue weighted by Gasteiger charge is -2.11. The van der Waals surface area contributed by atoms with Crippen LogP contribution in [0.4, 0.5) is 5.82 Å². The number of hydrogen-bond donors (Lipinski definition) is 2. The number of ether oxygens (including phenoxy) is 1. The molecular weight excluding hydrogens is 388 g/mol. The Morgan fingerprint density at radius 2 is 2.00 bits per heavy atom. The minimum absolute atomic E-state index is 0.0341. The smallest absolute Gasteiger partial charge is 0.224 e. The van der Waals surface area contributed by atoms with Crippen molar-refractivity contribution < 1.29 is 9.53 Å². The maximum Gasteiger partial charge on any atom is 0.224 e. The highest BCUT2D eigenvalue weighted by Crippen LogP contribution is 2.23. The van der Waals surface area contributed by atoms with Crippen LogP contribution >= 0.6 is 11.8 Å². The second kappa shape index (κ2) is 9.60. The Bertz CT molecular complexity index is 971. The molecule has 0 saturated heterocycles. The molecule has 0 radical (unpaired) electrons. The van der Waals surface area contributed by atoms with Gasteiger partial charge in [-0.3, -0.25) is 4.79 Å². The van der Waals surface area contributed by atoms with Gasteiger partial charge in [-0.25, -0.2) is 14.6 Å². The minimum atomic E-state index is -0.0341. The second-order valence-corrected chi connectivity index (χ2v) is 7.61. The van der Waals surface area contributed by atoms with Gasteiger partial charge in [-0.05, 0) is 37.8 Å². The van der Waals surface area contributed by atoms with E-state index in [4.69, 9.17) is 4.74 Å². The molecule has 1 amide bonds. The third kappa shape index (κ3) is 5.38. The lowest BCUT2D eigenvalue weighted by molar-refractivity contribution is -0.120. The van der Waals surface area contributed by atoms with Crippen molar-refractivity contribution in [3.05, 3.63) is 36.0 Å². The molecule has 0 fully saturated rings. The summed E-state index contributed by atoms with van der Waals surface area (Å²) in [5.74, 6) is 1.52. The quantitative estimate of drug-likeness (QED) is 0.411. The number of anilines is 1. The maximum atomic E-state index is 12.2. The number of fused-ring (bicyclic) bond motifs is 1. The van der Waals surface area contributed by atoms with E-state index < -0.39 is 0 Å². The van der Waals surface area contributed by atoms with Gasteiger partial charge in [-0.1, -0.05) is 23.9 Å². The van der Waals surface area contributed by atoms with E-state index in [1.165, 1.54) is 11.8 Å². The summed E-state index contributed by atoms with van der Waals surface area (Å²) in [5.41, 5.74) is 1.70. The van der Waals surface area contributed by atoms with Crippen molar-refractivity contribution in [2.24, 2.45) is 0 Å². The van der Waals surface area contributed by atoms with Crippen molar-refractivity contribution in [1.82, 2.24) is 25.1 Å². The zero-order valence-corrected chi connectivity index (χ0v) is 17.9. The van der Waals surface area contributed by atoms with Gasteiger partial charge in [-0.2, -0.15) is 5.10 Å². The molecule has 2 aromatic heterocycles. The normalized spacial score (nSPS) is 11.1. The fourth-order valence-corrected chi connectivity index (χ4v) is 3.23. The highest BCUT2D eigenvalue weighted by molar-refractivity contribution is 7.98. The molecule has 154 valence electrons. The highest BCUT2D eigenvalue weighted by Gasteiger charge is 2.13. The molecule has 0 aliphatic carbocycles. The Labute approximate surface area is 174 Å². The molecule has 0 unspecified atom stereocenters. The second-order valence-electron chi connectivity index (χ2n) is 6.84. The van der Waals surface area contributed by atoms with E-state index in [1.54, 1.807) is 18.0 Å². The lowest BCUT2D eigenvalue weighted by atomic mass is 10.1. The van der Waals surface area contributed by atoms with Crippen LogP contribution in [0.2, 0.25) is 0 Å². The average Bonchev–Trinajstić information content (AvgIpc) is 3.11. The van der Waals surface area contributed by atoms with Crippen LogP contribution in [0, 0.1) is 0 Å². The first-order chi connectivity index (χ1) is 14.0. The molecule has 8 nitrogen and oxygen atoms in total. The van der Waals surface area contributed by atoms with Gasteiger partial charge >= 0.3 is 0 Å². The number of nitrogens with zero attached hydrogens (tertiary/aromatic N) is 4. The first-order valence-corrected chi connectivity index (χ1v) is 10.7. The topological polar surface area (TPSA) is 94.0 Å². The zero-order valence-electron chi connectivity index (χ0n) is 17.1. The largest absolute Gasteiger partial charge is 0.497 e. The summed E-state index contributed by atoms with van der Waals surface area (Å²) < 4.78 is 6.94. The van der Waals surface area contributed by atoms with Crippen molar-refractivity contribution in [2.45, 2.75) is 38.0 Å². The van der Waals surface area contributed by atoms with Crippen molar-refractivity contribution in [3.63, 3.8) is 0 Å². The van der Waals surface area contributed by atoms with Crippen LogP contribution in [-0.2, 0) is 17.8 Å². The van der Waals surface area contributed by atoms with Gasteiger partial charge in [0.2, 0.25) is 5.91 Å². The standard InChI is InChI=1S/C20H26N6O2S/c1-13(2)23-18-16-12-22-26(19(16)25-20(24-18)29-4)10-9-21-17(27)11-14-5-7-15(28-3)8-6-14/h5-8,12-13H,9-11H2,1-4H3,(H,21,27)(H,23,24,25). The molecule has 2 heterocycles. The third-order valence-electron chi connectivity index (χ3n) is 4.25. The van der Waals surface area contributed by atoms with Crippen LogP contribution in [0.15, 0.2) is 35.6 Å². The van der Waals surface area contributed by atoms with Crippen molar-refractivity contribution in [3.8, 4) is 5.75 Å². The van der Waals surface area contributed by atoms with Gasteiger partial charge < -0.3 is 15.4 Å². The van der Waals surface area contributed by atoms with Gasteiger partial charge in [0.1, 0.15) is 11.6 Å². The van der Waals surface area contributed by atoms with Crippen LogP contribution in [0.5, 0.6) is 5.75 Å². The van der Waals surface area contributed by atoms with E-state index in [1.807, 2.05) is 30.5 Å². The first-order valence-electron chi connectivity index (χ1n) is 9.44. The summed E-state index contributed by atoms with van der Waals surface area (Å²) in [6.07, 6.45) is 4.04. The van der Waals surface area contributed by atoms with Gasteiger partial charge in [0, 0.05) is 12.6 Å². The molecule has 3 aromatic rings. The van der Waals surface area contributed by atoms with Gasteiger partial charge in [0.05, 0.1) is 31.7 Å². The van der Waals surface area contributed by atoms with Crippen molar-refractivity contribution >= 4 is 34.5 Å². The Morgan fingerprint density at radius 1 is 1.24 bits per heavy atom. The lowest BCUT2D eigenvalue weighted by Crippen LogP contribution is -2.28. The van der Waals surface area contributed by atoms with Crippen LogP contribution in [-0.4, -0.2) is 51.6 Å². The van der Waals surface area contributed by atoms with Gasteiger partial charge in [-0.15, -0.1) is 0 Å². The van der Waals surface area contributed by atoms with Gasteiger partial charge in [0.15, 0.2) is 10.8 Å². The average molecular weight is 415 g/mol. The van der Waals surface area contributed by atoms with Crippen LogP contribution in [0.25, 0.3) is 11.0 Å².